The normalized spacial score (nSPS) is 10.7. The molecule has 0 aliphatic rings. The molecule has 0 aliphatic carbocycles. The second kappa shape index (κ2) is 4.53. The lowest BCUT2D eigenvalue weighted by Gasteiger charge is -2.07. The third-order valence-electron chi connectivity index (χ3n) is 3.04. The van der Waals surface area contributed by atoms with Gasteiger partial charge in [0.1, 0.15) is 5.82 Å². The predicted octanol–water partition coefficient (Wildman–Crippen LogP) is 1.78. The van der Waals surface area contributed by atoms with Crippen molar-refractivity contribution in [3.05, 3.63) is 53.9 Å². The van der Waals surface area contributed by atoms with Gasteiger partial charge in [-0.25, -0.2) is 4.98 Å². The molecule has 1 aromatic carbocycles. The standard InChI is InChI=1S/C14H13N5/c15-13-10(8-18-14(16)19-13)7-9-5-6-17-12-4-2-1-3-11(9)12/h1-6,8H,7H2,(H4,15,16,18,19). The van der Waals surface area contributed by atoms with Gasteiger partial charge < -0.3 is 11.5 Å². The highest BCUT2D eigenvalue weighted by molar-refractivity contribution is 5.82. The van der Waals surface area contributed by atoms with Gasteiger partial charge in [-0.1, -0.05) is 18.2 Å². The molecular formula is C14H13N5. The summed E-state index contributed by atoms with van der Waals surface area (Å²) in [6.45, 7) is 0. The number of nitrogen functional groups attached to an aromatic ring is 2. The van der Waals surface area contributed by atoms with Crippen LogP contribution >= 0.6 is 0 Å². The Morgan fingerprint density at radius 2 is 1.79 bits per heavy atom. The van der Waals surface area contributed by atoms with Crippen molar-refractivity contribution in [3.8, 4) is 0 Å². The first-order chi connectivity index (χ1) is 9.24. The summed E-state index contributed by atoms with van der Waals surface area (Å²) in [6.07, 6.45) is 4.13. The first-order valence-corrected chi connectivity index (χ1v) is 5.93. The molecule has 3 aromatic rings. The summed E-state index contributed by atoms with van der Waals surface area (Å²) in [5, 5.41) is 1.11. The van der Waals surface area contributed by atoms with E-state index < -0.39 is 0 Å². The molecule has 0 spiro atoms. The fourth-order valence-electron chi connectivity index (χ4n) is 2.08. The van der Waals surface area contributed by atoms with Gasteiger partial charge in [0.15, 0.2) is 0 Å². The van der Waals surface area contributed by atoms with E-state index in [-0.39, 0.29) is 5.95 Å². The highest BCUT2D eigenvalue weighted by Crippen LogP contribution is 2.21. The van der Waals surface area contributed by atoms with Gasteiger partial charge in [-0.05, 0) is 17.7 Å². The minimum atomic E-state index is 0.195. The summed E-state index contributed by atoms with van der Waals surface area (Å²) in [5.74, 6) is 0.620. The van der Waals surface area contributed by atoms with Crippen LogP contribution in [0.1, 0.15) is 11.1 Å². The van der Waals surface area contributed by atoms with Crippen LogP contribution in [-0.2, 0) is 6.42 Å². The van der Waals surface area contributed by atoms with E-state index in [1.54, 1.807) is 12.4 Å². The van der Waals surface area contributed by atoms with Gasteiger partial charge in [0, 0.05) is 29.8 Å². The molecule has 2 aromatic heterocycles. The molecule has 4 N–H and O–H groups in total. The van der Waals surface area contributed by atoms with Crippen molar-refractivity contribution in [1.29, 1.82) is 0 Å². The second-order valence-electron chi connectivity index (χ2n) is 4.30. The molecule has 0 amide bonds. The molecule has 0 radical (unpaired) electrons. The summed E-state index contributed by atoms with van der Waals surface area (Å²) in [7, 11) is 0. The first-order valence-electron chi connectivity index (χ1n) is 5.93. The van der Waals surface area contributed by atoms with Crippen LogP contribution in [0.25, 0.3) is 10.9 Å². The number of hydrogen-bond donors (Lipinski definition) is 2. The predicted molar refractivity (Wildman–Crippen MR) is 75.4 cm³/mol. The van der Waals surface area contributed by atoms with Crippen molar-refractivity contribution >= 4 is 22.7 Å². The largest absolute Gasteiger partial charge is 0.383 e. The van der Waals surface area contributed by atoms with Crippen LogP contribution in [0.3, 0.4) is 0 Å². The maximum Gasteiger partial charge on any atom is 0.221 e. The third-order valence-corrected chi connectivity index (χ3v) is 3.04. The van der Waals surface area contributed by atoms with Crippen molar-refractivity contribution in [2.45, 2.75) is 6.42 Å². The maximum atomic E-state index is 5.87. The zero-order chi connectivity index (χ0) is 13.2. The molecule has 5 nitrogen and oxygen atoms in total. The Hall–Kier alpha value is -2.69. The SMILES string of the molecule is Nc1ncc(Cc2ccnc3ccccc23)c(N)n1. The van der Waals surface area contributed by atoms with Gasteiger partial charge in [-0.15, -0.1) is 0 Å². The molecule has 19 heavy (non-hydrogen) atoms. The number of pyridine rings is 1. The Morgan fingerprint density at radius 1 is 0.947 bits per heavy atom. The lowest BCUT2D eigenvalue weighted by Crippen LogP contribution is -2.04. The van der Waals surface area contributed by atoms with Crippen LogP contribution < -0.4 is 11.5 Å². The molecule has 3 rings (SSSR count). The van der Waals surface area contributed by atoms with Gasteiger partial charge in [-0.2, -0.15) is 4.98 Å². The van der Waals surface area contributed by atoms with Crippen LogP contribution in [0.15, 0.2) is 42.7 Å². The molecule has 0 aliphatic heterocycles. The van der Waals surface area contributed by atoms with Crippen LogP contribution in [0, 0.1) is 0 Å². The van der Waals surface area contributed by atoms with Gasteiger partial charge in [0.25, 0.3) is 0 Å². The Labute approximate surface area is 110 Å². The summed E-state index contributed by atoms with van der Waals surface area (Å²) in [4.78, 5) is 12.3. The fourth-order valence-corrected chi connectivity index (χ4v) is 2.08. The summed E-state index contributed by atoms with van der Waals surface area (Å²) in [5.41, 5.74) is 14.3. The molecule has 94 valence electrons. The molecule has 0 fully saturated rings. The number of para-hydroxylation sites is 1. The smallest absolute Gasteiger partial charge is 0.221 e. The number of nitrogens with zero attached hydrogens (tertiary/aromatic N) is 3. The van der Waals surface area contributed by atoms with E-state index in [0.717, 1.165) is 22.0 Å². The van der Waals surface area contributed by atoms with Crippen LogP contribution in [0.4, 0.5) is 11.8 Å². The Balaban J connectivity index is 2.06. The first kappa shape index (κ1) is 11.4. The monoisotopic (exact) mass is 251 g/mol. The maximum absolute atomic E-state index is 5.87. The number of hydrogen-bond acceptors (Lipinski definition) is 5. The summed E-state index contributed by atoms with van der Waals surface area (Å²) in [6, 6.07) is 9.99. The second-order valence-corrected chi connectivity index (χ2v) is 4.30. The topological polar surface area (TPSA) is 90.7 Å². The number of benzene rings is 1. The van der Waals surface area contributed by atoms with Crippen LogP contribution in [0.5, 0.6) is 0 Å². The Kier molecular flexibility index (Phi) is 2.72. The minimum Gasteiger partial charge on any atom is -0.383 e. The molecule has 0 saturated carbocycles. The quantitative estimate of drug-likeness (QED) is 0.724. The van der Waals surface area contributed by atoms with E-state index >= 15 is 0 Å². The van der Waals surface area contributed by atoms with E-state index in [1.807, 2.05) is 30.3 Å². The van der Waals surface area contributed by atoms with Gasteiger partial charge in [0.2, 0.25) is 5.95 Å². The van der Waals surface area contributed by atoms with E-state index in [4.69, 9.17) is 11.5 Å². The van der Waals surface area contributed by atoms with E-state index in [2.05, 4.69) is 15.0 Å². The molecule has 0 atom stereocenters. The lowest BCUT2D eigenvalue weighted by atomic mass is 10.0. The minimum absolute atomic E-state index is 0.195. The van der Waals surface area contributed by atoms with Crippen LogP contribution in [0.2, 0.25) is 0 Å². The average molecular weight is 251 g/mol. The van der Waals surface area contributed by atoms with Crippen molar-refractivity contribution < 1.29 is 0 Å². The van der Waals surface area contributed by atoms with Crippen molar-refractivity contribution in [3.63, 3.8) is 0 Å². The molecular weight excluding hydrogens is 238 g/mol. The van der Waals surface area contributed by atoms with E-state index in [0.29, 0.717) is 12.2 Å². The number of rotatable bonds is 2. The van der Waals surface area contributed by atoms with E-state index in [9.17, 15) is 0 Å². The third kappa shape index (κ3) is 2.18. The summed E-state index contributed by atoms with van der Waals surface area (Å²) >= 11 is 0. The molecule has 0 unspecified atom stereocenters. The van der Waals surface area contributed by atoms with Gasteiger partial charge in [-0.3, -0.25) is 4.98 Å². The Bertz CT molecular complexity index is 733. The van der Waals surface area contributed by atoms with Gasteiger partial charge in [0.05, 0.1) is 5.52 Å². The highest BCUT2D eigenvalue weighted by atomic mass is 15.0. The average Bonchev–Trinajstić information content (AvgIpc) is 2.42. The number of fused-ring (bicyclic) bond motifs is 1. The number of aromatic nitrogens is 3. The van der Waals surface area contributed by atoms with Gasteiger partial charge >= 0.3 is 0 Å². The highest BCUT2D eigenvalue weighted by Gasteiger charge is 2.07. The number of anilines is 2. The zero-order valence-electron chi connectivity index (χ0n) is 10.2. The summed E-state index contributed by atoms with van der Waals surface area (Å²) < 4.78 is 0. The van der Waals surface area contributed by atoms with Crippen molar-refractivity contribution in [1.82, 2.24) is 15.0 Å². The number of nitrogens with two attached hydrogens (primary N) is 2. The fraction of sp³-hybridized carbons (Fsp3) is 0.0714. The van der Waals surface area contributed by atoms with Crippen molar-refractivity contribution in [2.24, 2.45) is 0 Å². The van der Waals surface area contributed by atoms with Crippen molar-refractivity contribution in [2.75, 3.05) is 11.5 Å². The molecule has 0 saturated heterocycles. The molecule has 0 bridgehead atoms. The Morgan fingerprint density at radius 3 is 2.63 bits per heavy atom. The van der Waals surface area contributed by atoms with E-state index in [1.165, 1.54) is 0 Å². The zero-order valence-corrected chi connectivity index (χ0v) is 10.2. The lowest BCUT2D eigenvalue weighted by molar-refractivity contribution is 1.10. The van der Waals surface area contributed by atoms with Crippen LogP contribution in [-0.4, -0.2) is 15.0 Å². The molecule has 2 heterocycles. The molecule has 5 heteroatoms.